The van der Waals surface area contributed by atoms with E-state index >= 15 is 0 Å². The first-order valence-electron chi connectivity index (χ1n) is 7.38. The highest BCUT2D eigenvalue weighted by atomic mass is 16.5. The van der Waals surface area contributed by atoms with Gasteiger partial charge in [0.25, 0.3) is 0 Å². The molecule has 0 aliphatic carbocycles. The van der Waals surface area contributed by atoms with Crippen LogP contribution in [0.5, 0.6) is 5.75 Å². The van der Waals surface area contributed by atoms with E-state index in [0.29, 0.717) is 13.2 Å². The second-order valence-electron chi connectivity index (χ2n) is 5.38. The minimum absolute atomic E-state index is 0.228. The topological polar surface area (TPSA) is 59.2 Å². The molecule has 1 atom stereocenters. The second kappa shape index (κ2) is 6.63. The first-order valence-corrected chi connectivity index (χ1v) is 7.38. The molecule has 2 aromatic rings. The molecule has 1 aromatic heterocycles. The van der Waals surface area contributed by atoms with Crippen LogP contribution >= 0.6 is 0 Å². The summed E-state index contributed by atoms with van der Waals surface area (Å²) >= 11 is 0. The Labute approximate surface area is 124 Å². The quantitative estimate of drug-likeness (QED) is 0.857. The van der Waals surface area contributed by atoms with Crippen molar-refractivity contribution in [1.29, 1.82) is 0 Å². The molecule has 21 heavy (non-hydrogen) atoms. The first kappa shape index (κ1) is 13.9. The normalized spacial score (nSPS) is 17.9. The Kier molecular flexibility index (Phi) is 4.40. The molecule has 1 saturated heterocycles. The van der Waals surface area contributed by atoms with Crippen molar-refractivity contribution in [2.24, 2.45) is 0 Å². The number of aromatic amines is 1. The van der Waals surface area contributed by atoms with Crippen LogP contribution in [0, 0.1) is 6.92 Å². The van der Waals surface area contributed by atoms with E-state index in [4.69, 9.17) is 9.47 Å². The lowest BCUT2D eigenvalue weighted by atomic mass is 10.2. The minimum Gasteiger partial charge on any atom is -0.489 e. The Morgan fingerprint density at radius 1 is 1.43 bits per heavy atom. The summed E-state index contributed by atoms with van der Waals surface area (Å²) in [5.74, 6) is 0.880. The molecule has 2 N–H and O–H groups in total. The van der Waals surface area contributed by atoms with Crippen molar-refractivity contribution in [3.8, 4) is 5.75 Å². The van der Waals surface area contributed by atoms with Crippen LogP contribution in [-0.4, -0.2) is 29.5 Å². The third-order valence-corrected chi connectivity index (χ3v) is 3.61. The van der Waals surface area contributed by atoms with Gasteiger partial charge in [-0.1, -0.05) is 6.07 Å². The lowest BCUT2D eigenvalue weighted by Gasteiger charge is -2.16. The number of nitrogens with one attached hydrogen (secondary N) is 2. The smallest absolute Gasteiger partial charge is 0.142 e. The van der Waals surface area contributed by atoms with Crippen molar-refractivity contribution >= 4 is 5.69 Å². The molecule has 2 heterocycles. The standard InChI is InChI=1S/C16H21N3O2/c1-12-4-5-15(17-10-13-6-7-18-19-13)16(9-12)21-11-14-3-2-8-20-14/h4-7,9,14,17H,2-3,8,10-11H2,1H3,(H,18,19)/t14-/m0/s1. The first-order chi connectivity index (χ1) is 10.3. The van der Waals surface area contributed by atoms with Crippen LogP contribution in [0.2, 0.25) is 0 Å². The second-order valence-corrected chi connectivity index (χ2v) is 5.38. The van der Waals surface area contributed by atoms with E-state index < -0.39 is 0 Å². The molecule has 0 spiro atoms. The molecule has 1 aromatic carbocycles. The minimum atomic E-state index is 0.228. The number of hydrogen-bond donors (Lipinski definition) is 2. The average molecular weight is 287 g/mol. The Morgan fingerprint density at radius 2 is 2.38 bits per heavy atom. The fraction of sp³-hybridized carbons (Fsp3) is 0.438. The number of hydrogen-bond acceptors (Lipinski definition) is 4. The summed E-state index contributed by atoms with van der Waals surface area (Å²) in [6.07, 6.45) is 4.20. The zero-order valence-electron chi connectivity index (χ0n) is 12.3. The summed E-state index contributed by atoms with van der Waals surface area (Å²) < 4.78 is 11.6. The van der Waals surface area contributed by atoms with Gasteiger partial charge in [0, 0.05) is 12.8 Å². The Morgan fingerprint density at radius 3 is 3.14 bits per heavy atom. The molecular weight excluding hydrogens is 266 g/mol. The molecule has 1 aliphatic rings. The number of aryl methyl sites for hydroxylation is 1. The predicted molar refractivity (Wildman–Crippen MR) is 81.6 cm³/mol. The Bertz CT molecular complexity index is 563. The van der Waals surface area contributed by atoms with Crippen LogP contribution < -0.4 is 10.1 Å². The van der Waals surface area contributed by atoms with Crippen molar-refractivity contribution in [3.63, 3.8) is 0 Å². The van der Waals surface area contributed by atoms with E-state index in [2.05, 4.69) is 40.6 Å². The van der Waals surface area contributed by atoms with Crippen molar-refractivity contribution in [2.75, 3.05) is 18.5 Å². The van der Waals surface area contributed by atoms with Crippen LogP contribution in [-0.2, 0) is 11.3 Å². The van der Waals surface area contributed by atoms with Gasteiger partial charge < -0.3 is 14.8 Å². The van der Waals surface area contributed by atoms with Crippen LogP contribution in [0.1, 0.15) is 24.1 Å². The summed E-state index contributed by atoms with van der Waals surface area (Å²) in [5, 5.41) is 10.3. The van der Waals surface area contributed by atoms with E-state index in [9.17, 15) is 0 Å². The molecule has 0 saturated carbocycles. The molecule has 0 unspecified atom stereocenters. The zero-order chi connectivity index (χ0) is 14.5. The van der Waals surface area contributed by atoms with Crippen LogP contribution in [0.4, 0.5) is 5.69 Å². The average Bonchev–Trinajstić information content (AvgIpc) is 3.17. The van der Waals surface area contributed by atoms with Gasteiger partial charge in [0.15, 0.2) is 0 Å². The zero-order valence-corrected chi connectivity index (χ0v) is 12.3. The summed E-state index contributed by atoms with van der Waals surface area (Å²) in [7, 11) is 0. The molecule has 0 bridgehead atoms. The number of rotatable bonds is 6. The third kappa shape index (κ3) is 3.76. The van der Waals surface area contributed by atoms with Gasteiger partial charge in [0.2, 0.25) is 0 Å². The largest absolute Gasteiger partial charge is 0.489 e. The lowest BCUT2D eigenvalue weighted by Crippen LogP contribution is -2.17. The molecule has 5 nitrogen and oxygen atoms in total. The molecule has 0 amide bonds. The molecule has 3 rings (SSSR count). The van der Waals surface area contributed by atoms with E-state index in [1.807, 2.05) is 6.07 Å². The third-order valence-electron chi connectivity index (χ3n) is 3.61. The van der Waals surface area contributed by atoms with E-state index in [0.717, 1.165) is 36.6 Å². The van der Waals surface area contributed by atoms with Gasteiger partial charge in [-0.25, -0.2) is 0 Å². The number of H-pyrrole nitrogens is 1. The molecule has 112 valence electrons. The van der Waals surface area contributed by atoms with Gasteiger partial charge in [-0.15, -0.1) is 0 Å². The van der Waals surface area contributed by atoms with Crippen LogP contribution in [0.25, 0.3) is 0 Å². The fourth-order valence-corrected chi connectivity index (χ4v) is 2.43. The van der Waals surface area contributed by atoms with Gasteiger partial charge in [-0.2, -0.15) is 5.10 Å². The lowest BCUT2D eigenvalue weighted by molar-refractivity contribution is 0.0682. The maximum atomic E-state index is 5.96. The number of ether oxygens (including phenoxy) is 2. The highest BCUT2D eigenvalue weighted by Gasteiger charge is 2.16. The van der Waals surface area contributed by atoms with Crippen molar-refractivity contribution in [1.82, 2.24) is 10.2 Å². The maximum absolute atomic E-state index is 5.96. The summed E-state index contributed by atoms with van der Waals surface area (Å²) in [6.45, 7) is 4.23. The molecule has 0 radical (unpaired) electrons. The highest BCUT2D eigenvalue weighted by Crippen LogP contribution is 2.27. The van der Waals surface area contributed by atoms with Gasteiger partial charge in [-0.05, 0) is 43.5 Å². The van der Waals surface area contributed by atoms with Crippen molar-refractivity contribution in [2.45, 2.75) is 32.4 Å². The number of benzene rings is 1. The Hall–Kier alpha value is -2.01. The molecule has 1 fully saturated rings. The number of nitrogens with zero attached hydrogens (tertiary/aromatic N) is 1. The van der Waals surface area contributed by atoms with Gasteiger partial charge in [-0.3, -0.25) is 5.10 Å². The summed E-state index contributed by atoms with van der Waals surface area (Å²) in [5.41, 5.74) is 3.22. The number of aromatic nitrogens is 2. The molecule has 1 aliphatic heterocycles. The van der Waals surface area contributed by atoms with E-state index in [1.54, 1.807) is 6.20 Å². The van der Waals surface area contributed by atoms with E-state index in [1.165, 1.54) is 5.56 Å². The number of anilines is 1. The Balaban J connectivity index is 1.64. The maximum Gasteiger partial charge on any atom is 0.142 e. The van der Waals surface area contributed by atoms with Gasteiger partial charge in [0.1, 0.15) is 12.4 Å². The van der Waals surface area contributed by atoms with Crippen molar-refractivity contribution in [3.05, 3.63) is 41.7 Å². The fourth-order valence-electron chi connectivity index (χ4n) is 2.43. The molecule has 5 heteroatoms. The van der Waals surface area contributed by atoms with Gasteiger partial charge >= 0.3 is 0 Å². The predicted octanol–water partition coefficient (Wildman–Crippen LogP) is 2.89. The highest BCUT2D eigenvalue weighted by molar-refractivity contribution is 5.57. The summed E-state index contributed by atoms with van der Waals surface area (Å²) in [4.78, 5) is 0. The van der Waals surface area contributed by atoms with Gasteiger partial charge in [0.05, 0.1) is 24.0 Å². The van der Waals surface area contributed by atoms with Crippen LogP contribution in [0.15, 0.2) is 30.5 Å². The van der Waals surface area contributed by atoms with Crippen molar-refractivity contribution < 1.29 is 9.47 Å². The molecular formula is C16H21N3O2. The SMILES string of the molecule is Cc1ccc(NCc2ccn[nH]2)c(OC[C@@H]2CCCO2)c1. The van der Waals surface area contributed by atoms with E-state index in [-0.39, 0.29) is 6.10 Å². The monoisotopic (exact) mass is 287 g/mol. The summed E-state index contributed by atoms with van der Waals surface area (Å²) in [6, 6.07) is 8.14. The van der Waals surface area contributed by atoms with Crippen LogP contribution in [0.3, 0.4) is 0 Å².